The van der Waals surface area contributed by atoms with Gasteiger partial charge in [0.1, 0.15) is 6.10 Å². The van der Waals surface area contributed by atoms with Crippen molar-refractivity contribution >= 4 is 11.9 Å². The summed E-state index contributed by atoms with van der Waals surface area (Å²) in [6.45, 7) is 4.57. The number of amides is 1. The molecule has 2 rings (SSSR count). The summed E-state index contributed by atoms with van der Waals surface area (Å²) in [6, 6.07) is 6.68. The topological polar surface area (TPSA) is 78.0 Å². The fraction of sp³-hybridized carbons (Fsp3) is 0.579. The quantitative estimate of drug-likeness (QED) is 0.486. The number of nitrogens with zero attached hydrogens (tertiary/aromatic N) is 2. The molecule has 1 amide bonds. The Balaban J connectivity index is 1.71. The SMILES string of the molecule is CN=C(NCC(C)Oc1ccccc1F)NC1CCN(CC(=O)NC)CC1. The van der Waals surface area contributed by atoms with Crippen LogP contribution in [0, 0.1) is 5.82 Å². The van der Waals surface area contributed by atoms with E-state index in [1.165, 1.54) is 6.07 Å². The second kappa shape index (κ2) is 10.7. The number of halogens is 1. The van der Waals surface area contributed by atoms with Crippen molar-refractivity contribution in [3.8, 4) is 5.75 Å². The van der Waals surface area contributed by atoms with Crippen LogP contribution in [0.15, 0.2) is 29.3 Å². The van der Waals surface area contributed by atoms with Crippen LogP contribution in [0.25, 0.3) is 0 Å². The van der Waals surface area contributed by atoms with Crippen LogP contribution in [0.4, 0.5) is 4.39 Å². The number of benzene rings is 1. The number of hydrogen-bond acceptors (Lipinski definition) is 4. The third-order valence-corrected chi connectivity index (χ3v) is 4.52. The van der Waals surface area contributed by atoms with Gasteiger partial charge in [0.25, 0.3) is 0 Å². The highest BCUT2D eigenvalue weighted by Crippen LogP contribution is 2.16. The minimum Gasteiger partial charge on any atom is -0.486 e. The molecule has 0 bridgehead atoms. The molecule has 1 aromatic rings. The second-order valence-corrected chi connectivity index (χ2v) is 6.68. The van der Waals surface area contributed by atoms with E-state index in [4.69, 9.17) is 4.74 Å². The maximum absolute atomic E-state index is 13.6. The van der Waals surface area contributed by atoms with Gasteiger partial charge in [-0.05, 0) is 31.9 Å². The lowest BCUT2D eigenvalue weighted by Gasteiger charge is -2.32. The number of likely N-dealkylation sites (tertiary alicyclic amines) is 1. The molecule has 7 nitrogen and oxygen atoms in total. The maximum atomic E-state index is 13.6. The first-order chi connectivity index (χ1) is 13.0. The van der Waals surface area contributed by atoms with Gasteiger partial charge in [0.05, 0.1) is 13.1 Å². The molecule has 1 unspecified atom stereocenters. The summed E-state index contributed by atoms with van der Waals surface area (Å²) in [7, 11) is 3.38. The van der Waals surface area contributed by atoms with Crippen molar-refractivity contribution in [2.75, 3.05) is 40.3 Å². The number of para-hydroxylation sites is 1. The summed E-state index contributed by atoms with van der Waals surface area (Å²) in [4.78, 5) is 17.9. The number of ether oxygens (including phenoxy) is 1. The molecule has 150 valence electrons. The lowest BCUT2D eigenvalue weighted by Crippen LogP contribution is -2.51. The van der Waals surface area contributed by atoms with Gasteiger partial charge < -0.3 is 20.7 Å². The van der Waals surface area contributed by atoms with Gasteiger partial charge in [0, 0.05) is 33.2 Å². The number of carbonyl (C=O) groups excluding carboxylic acids is 1. The monoisotopic (exact) mass is 379 g/mol. The van der Waals surface area contributed by atoms with Crippen molar-refractivity contribution in [3.05, 3.63) is 30.1 Å². The summed E-state index contributed by atoms with van der Waals surface area (Å²) in [6.07, 6.45) is 1.67. The highest BCUT2D eigenvalue weighted by Gasteiger charge is 2.21. The molecule has 1 fully saturated rings. The van der Waals surface area contributed by atoms with E-state index in [0.717, 1.165) is 25.9 Å². The van der Waals surface area contributed by atoms with Crippen LogP contribution in [-0.2, 0) is 4.79 Å². The minimum atomic E-state index is -0.365. The first-order valence-electron chi connectivity index (χ1n) is 9.33. The first kappa shape index (κ1) is 21.0. The molecule has 0 aromatic heterocycles. The van der Waals surface area contributed by atoms with E-state index in [1.54, 1.807) is 32.3 Å². The van der Waals surface area contributed by atoms with Crippen molar-refractivity contribution in [2.24, 2.45) is 4.99 Å². The average molecular weight is 379 g/mol. The number of rotatable bonds is 7. The third-order valence-electron chi connectivity index (χ3n) is 4.52. The van der Waals surface area contributed by atoms with Crippen LogP contribution >= 0.6 is 0 Å². The van der Waals surface area contributed by atoms with E-state index in [-0.39, 0.29) is 23.6 Å². The highest BCUT2D eigenvalue weighted by atomic mass is 19.1. The molecular weight excluding hydrogens is 349 g/mol. The molecule has 1 aliphatic rings. The molecule has 1 atom stereocenters. The molecule has 0 radical (unpaired) electrons. The van der Waals surface area contributed by atoms with Crippen LogP contribution in [0.5, 0.6) is 5.75 Å². The highest BCUT2D eigenvalue weighted by molar-refractivity contribution is 5.80. The van der Waals surface area contributed by atoms with Crippen LogP contribution in [0.3, 0.4) is 0 Å². The molecule has 1 aliphatic heterocycles. The largest absolute Gasteiger partial charge is 0.486 e. The molecule has 1 aromatic carbocycles. The number of nitrogens with one attached hydrogen (secondary N) is 3. The number of likely N-dealkylation sites (N-methyl/N-ethyl adjacent to an activating group) is 1. The lowest BCUT2D eigenvalue weighted by molar-refractivity contribution is -0.122. The zero-order valence-electron chi connectivity index (χ0n) is 16.3. The number of piperidine rings is 1. The van der Waals surface area contributed by atoms with Gasteiger partial charge in [-0.3, -0.25) is 14.7 Å². The van der Waals surface area contributed by atoms with E-state index in [0.29, 0.717) is 25.1 Å². The van der Waals surface area contributed by atoms with Gasteiger partial charge in [-0.2, -0.15) is 0 Å². The first-order valence-corrected chi connectivity index (χ1v) is 9.33. The Morgan fingerprint density at radius 3 is 2.70 bits per heavy atom. The maximum Gasteiger partial charge on any atom is 0.233 e. The fourth-order valence-electron chi connectivity index (χ4n) is 2.94. The zero-order chi connectivity index (χ0) is 19.6. The Morgan fingerprint density at radius 1 is 1.37 bits per heavy atom. The van der Waals surface area contributed by atoms with Gasteiger partial charge >= 0.3 is 0 Å². The van der Waals surface area contributed by atoms with Crippen molar-refractivity contribution in [1.29, 1.82) is 0 Å². The van der Waals surface area contributed by atoms with E-state index < -0.39 is 0 Å². The van der Waals surface area contributed by atoms with Gasteiger partial charge in [0.2, 0.25) is 5.91 Å². The average Bonchev–Trinajstić information content (AvgIpc) is 2.68. The van der Waals surface area contributed by atoms with Gasteiger partial charge in [0.15, 0.2) is 17.5 Å². The molecule has 3 N–H and O–H groups in total. The Labute approximate surface area is 160 Å². The van der Waals surface area contributed by atoms with E-state index >= 15 is 0 Å². The molecule has 0 saturated carbocycles. The van der Waals surface area contributed by atoms with Crippen LogP contribution in [-0.4, -0.2) is 69.2 Å². The van der Waals surface area contributed by atoms with Gasteiger partial charge in [-0.25, -0.2) is 4.39 Å². The van der Waals surface area contributed by atoms with Crippen molar-refractivity contribution in [3.63, 3.8) is 0 Å². The van der Waals surface area contributed by atoms with Crippen molar-refractivity contribution in [1.82, 2.24) is 20.9 Å². The molecule has 1 heterocycles. The molecule has 0 aliphatic carbocycles. The number of aliphatic imine (C=N–C) groups is 1. The molecule has 27 heavy (non-hydrogen) atoms. The van der Waals surface area contributed by atoms with Crippen molar-refractivity contribution < 1.29 is 13.9 Å². The fourth-order valence-corrected chi connectivity index (χ4v) is 2.94. The van der Waals surface area contributed by atoms with Crippen LogP contribution in [0.1, 0.15) is 19.8 Å². The summed E-state index contributed by atoms with van der Waals surface area (Å²) >= 11 is 0. The van der Waals surface area contributed by atoms with Crippen molar-refractivity contribution in [2.45, 2.75) is 31.9 Å². The number of hydrogen-bond donors (Lipinski definition) is 3. The summed E-state index contributed by atoms with van der Waals surface area (Å²) in [5, 5.41) is 9.28. The molecule has 0 spiro atoms. The van der Waals surface area contributed by atoms with E-state index in [1.807, 2.05) is 6.92 Å². The van der Waals surface area contributed by atoms with Gasteiger partial charge in [-0.15, -0.1) is 0 Å². The summed E-state index contributed by atoms with van der Waals surface area (Å²) in [5.74, 6) is 0.625. The zero-order valence-corrected chi connectivity index (χ0v) is 16.3. The number of carbonyl (C=O) groups is 1. The smallest absolute Gasteiger partial charge is 0.233 e. The van der Waals surface area contributed by atoms with Crippen LogP contribution < -0.4 is 20.7 Å². The Bertz CT molecular complexity index is 632. The molecular formula is C19H30FN5O2. The molecule has 8 heteroatoms. The lowest BCUT2D eigenvalue weighted by atomic mass is 10.1. The van der Waals surface area contributed by atoms with E-state index in [2.05, 4.69) is 25.8 Å². The van der Waals surface area contributed by atoms with Gasteiger partial charge in [-0.1, -0.05) is 12.1 Å². The minimum absolute atomic E-state index is 0.0442. The number of guanidine groups is 1. The predicted octanol–water partition coefficient (Wildman–Crippen LogP) is 0.968. The Kier molecular flexibility index (Phi) is 8.32. The second-order valence-electron chi connectivity index (χ2n) is 6.68. The third kappa shape index (κ3) is 7.05. The standard InChI is InChI=1S/C19H30FN5O2/c1-14(27-17-7-5-4-6-16(17)20)12-23-19(22-3)24-15-8-10-25(11-9-15)13-18(26)21-2/h4-7,14-15H,8-13H2,1-3H3,(H,21,26)(H2,22,23,24). The Hall–Kier alpha value is -2.35. The molecule has 1 saturated heterocycles. The Morgan fingerprint density at radius 2 is 2.07 bits per heavy atom. The summed E-state index contributed by atoms with van der Waals surface area (Å²) in [5.41, 5.74) is 0. The van der Waals surface area contributed by atoms with Crippen LogP contribution in [0.2, 0.25) is 0 Å². The summed E-state index contributed by atoms with van der Waals surface area (Å²) < 4.78 is 19.3. The van der Waals surface area contributed by atoms with E-state index in [9.17, 15) is 9.18 Å². The normalized spacial score (nSPS) is 17.3. The predicted molar refractivity (Wildman–Crippen MR) is 105 cm³/mol.